The van der Waals surface area contributed by atoms with Crippen molar-refractivity contribution >= 4 is 17.2 Å². The van der Waals surface area contributed by atoms with Gasteiger partial charge in [-0.1, -0.05) is 32.1 Å². The predicted octanol–water partition coefficient (Wildman–Crippen LogP) is 2.18. The lowest BCUT2D eigenvalue weighted by molar-refractivity contribution is 0.0779. The van der Waals surface area contributed by atoms with Gasteiger partial charge < -0.3 is 10.6 Å². The number of nitrogens with zero attached hydrogens (tertiary/aromatic N) is 1. The van der Waals surface area contributed by atoms with E-state index in [1.54, 1.807) is 4.90 Å². The second-order valence-corrected chi connectivity index (χ2v) is 5.45. The monoisotopic (exact) mass is 264 g/mol. The number of thiophene rings is 1. The van der Waals surface area contributed by atoms with Crippen LogP contribution < -0.4 is 5.73 Å². The number of amides is 1. The van der Waals surface area contributed by atoms with Crippen LogP contribution in [0.4, 0.5) is 0 Å². The van der Waals surface area contributed by atoms with Crippen molar-refractivity contribution in [3.63, 3.8) is 0 Å². The molecular formula is C14H20N2OS. The Labute approximate surface area is 113 Å². The standard InChI is InChI=1S/C14H20N2OS/c1-4-11(2)10-16(3)14(17)13-8-7-12(18-13)6-5-9-15/h7-8,11H,4,9-10,15H2,1-3H3. The highest BCUT2D eigenvalue weighted by atomic mass is 32.1. The van der Waals surface area contributed by atoms with Gasteiger partial charge in [0.25, 0.3) is 5.91 Å². The summed E-state index contributed by atoms with van der Waals surface area (Å²) in [5.74, 6) is 6.33. The molecule has 1 aromatic heterocycles. The van der Waals surface area contributed by atoms with E-state index in [1.165, 1.54) is 11.3 Å². The van der Waals surface area contributed by atoms with Gasteiger partial charge in [0.1, 0.15) is 0 Å². The Kier molecular flexibility index (Phi) is 5.90. The average Bonchev–Trinajstić information content (AvgIpc) is 2.83. The highest BCUT2D eigenvalue weighted by Crippen LogP contribution is 2.17. The highest BCUT2D eigenvalue weighted by molar-refractivity contribution is 7.14. The lowest BCUT2D eigenvalue weighted by Gasteiger charge is -2.19. The van der Waals surface area contributed by atoms with Gasteiger partial charge in [0, 0.05) is 13.6 Å². The molecule has 0 aromatic carbocycles. The third-order valence-corrected chi connectivity index (χ3v) is 3.75. The van der Waals surface area contributed by atoms with Gasteiger partial charge in [-0.3, -0.25) is 4.79 Å². The van der Waals surface area contributed by atoms with E-state index in [9.17, 15) is 4.79 Å². The molecule has 0 aliphatic rings. The molecule has 0 saturated carbocycles. The Morgan fingerprint density at radius 3 is 2.89 bits per heavy atom. The molecule has 1 rings (SSSR count). The van der Waals surface area contributed by atoms with E-state index in [-0.39, 0.29) is 5.91 Å². The molecule has 0 radical (unpaired) electrons. The number of hydrogen-bond acceptors (Lipinski definition) is 3. The quantitative estimate of drug-likeness (QED) is 0.847. The van der Waals surface area contributed by atoms with Gasteiger partial charge in [0.05, 0.1) is 16.3 Å². The molecular weight excluding hydrogens is 244 g/mol. The zero-order valence-electron chi connectivity index (χ0n) is 11.2. The van der Waals surface area contributed by atoms with Crippen LogP contribution in [0.5, 0.6) is 0 Å². The molecule has 0 aliphatic heterocycles. The zero-order valence-corrected chi connectivity index (χ0v) is 12.0. The van der Waals surface area contributed by atoms with E-state index < -0.39 is 0 Å². The van der Waals surface area contributed by atoms with Crippen LogP contribution in [0, 0.1) is 17.8 Å². The first-order valence-electron chi connectivity index (χ1n) is 6.12. The van der Waals surface area contributed by atoms with Gasteiger partial charge >= 0.3 is 0 Å². The Morgan fingerprint density at radius 2 is 2.28 bits per heavy atom. The van der Waals surface area contributed by atoms with Crippen molar-refractivity contribution in [3.05, 3.63) is 21.9 Å². The van der Waals surface area contributed by atoms with Gasteiger partial charge in [-0.2, -0.15) is 0 Å². The van der Waals surface area contributed by atoms with E-state index in [4.69, 9.17) is 5.73 Å². The summed E-state index contributed by atoms with van der Waals surface area (Å²) < 4.78 is 0. The van der Waals surface area contributed by atoms with Crippen molar-refractivity contribution in [1.82, 2.24) is 4.90 Å². The molecule has 98 valence electrons. The fourth-order valence-corrected chi connectivity index (χ4v) is 2.40. The lowest BCUT2D eigenvalue weighted by Crippen LogP contribution is -2.30. The third-order valence-electron chi connectivity index (χ3n) is 2.76. The Morgan fingerprint density at radius 1 is 1.56 bits per heavy atom. The molecule has 0 spiro atoms. The van der Waals surface area contributed by atoms with Gasteiger partial charge in [-0.05, 0) is 18.1 Å². The van der Waals surface area contributed by atoms with Crippen LogP contribution >= 0.6 is 11.3 Å². The van der Waals surface area contributed by atoms with E-state index in [1.807, 2.05) is 19.2 Å². The molecule has 2 N–H and O–H groups in total. The first kappa shape index (κ1) is 14.7. The van der Waals surface area contributed by atoms with Crippen molar-refractivity contribution in [1.29, 1.82) is 0 Å². The summed E-state index contributed by atoms with van der Waals surface area (Å²) in [7, 11) is 1.85. The molecule has 1 amide bonds. The maximum atomic E-state index is 12.1. The van der Waals surface area contributed by atoms with Crippen LogP contribution in [-0.2, 0) is 0 Å². The first-order valence-corrected chi connectivity index (χ1v) is 6.94. The molecule has 0 bridgehead atoms. The summed E-state index contributed by atoms with van der Waals surface area (Å²) in [5.41, 5.74) is 5.32. The minimum absolute atomic E-state index is 0.0705. The Hall–Kier alpha value is -1.31. The second-order valence-electron chi connectivity index (χ2n) is 4.37. The SMILES string of the molecule is CCC(C)CN(C)C(=O)c1ccc(C#CCN)s1. The lowest BCUT2D eigenvalue weighted by atomic mass is 10.1. The van der Waals surface area contributed by atoms with Crippen molar-refractivity contribution in [3.8, 4) is 11.8 Å². The predicted molar refractivity (Wildman–Crippen MR) is 76.7 cm³/mol. The van der Waals surface area contributed by atoms with Gasteiger partial charge in [0.2, 0.25) is 0 Å². The van der Waals surface area contributed by atoms with Crippen LogP contribution in [-0.4, -0.2) is 30.9 Å². The largest absolute Gasteiger partial charge is 0.341 e. The molecule has 1 unspecified atom stereocenters. The van der Waals surface area contributed by atoms with Gasteiger partial charge in [0.15, 0.2) is 0 Å². The molecule has 18 heavy (non-hydrogen) atoms. The van der Waals surface area contributed by atoms with E-state index in [2.05, 4.69) is 25.7 Å². The van der Waals surface area contributed by atoms with Crippen LogP contribution in [0.15, 0.2) is 12.1 Å². The fourth-order valence-electron chi connectivity index (χ4n) is 1.53. The second kappa shape index (κ2) is 7.20. The highest BCUT2D eigenvalue weighted by Gasteiger charge is 2.15. The van der Waals surface area contributed by atoms with Crippen molar-refractivity contribution in [2.24, 2.45) is 11.7 Å². The Balaban J connectivity index is 2.69. The molecule has 1 heterocycles. The topological polar surface area (TPSA) is 46.3 Å². The molecule has 3 nitrogen and oxygen atoms in total. The average molecular weight is 264 g/mol. The first-order chi connectivity index (χ1) is 8.58. The number of hydrogen-bond donors (Lipinski definition) is 1. The normalized spacial score (nSPS) is 11.6. The van der Waals surface area contributed by atoms with Crippen molar-refractivity contribution in [2.45, 2.75) is 20.3 Å². The van der Waals surface area contributed by atoms with Crippen LogP contribution in [0.1, 0.15) is 34.8 Å². The third kappa shape index (κ3) is 4.17. The number of rotatable bonds is 4. The van der Waals surface area contributed by atoms with Crippen LogP contribution in [0.2, 0.25) is 0 Å². The molecule has 4 heteroatoms. The minimum atomic E-state index is 0.0705. The Bertz CT molecular complexity index is 456. The summed E-state index contributed by atoms with van der Waals surface area (Å²) in [4.78, 5) is 15.6. The molecule has 0 aliphatic carbocycles. The zero-order chi connectivity index (χ0) is 13.5. The molecule has 0 saturated heterocycles. The van der Waals surface area contributed by atoms with Gasteiger partial charge in [-0.15, -0.1) is 11.3 Å². The van der Waals surface area contributed by atoms with Crippen LogP contribution in [0.25, 0.3) is 0 Å². The molecule has 1 atom stereocenters. The van der Waals surface area contributed by atoms with E-state index in [0.717, 1.165) is 22.7 Å². The number of nitrogens with two attached hydrogens (primary N) is 1. The van der Waals surface area contributed by atoms with E-state index in [0.29, 0.717) is 12.5 Å². The van der Waals surface area contributed by atoms with Gasteiger partial charge in [-0.25, -0.2) is 0 Å². The van der Waals surface area contributed by atoms with E-state index >= 15 is 0 Å². The summed E-state index contributed by atoms with van der Waals surface area (Å²) in [6.45, 7) is 5.41. The minimum Gasteiger partial charge on any atom is -0.341 e. The number of carbonyl (C=O) groups is 1. The molecule has 0 fully saturated rings. The maximum Gasteiger partial charge on any atom is 0.263 e. The fraction of sp³-hybridized carbons (Fsp3) is 0.500. The molecule has 1 aromatic rings. The summed E-state index contributed by atoms with van der Waals surface area (Å²) >= 11 is 1.42. The smallest absolute Gasteiger partial charge is 0.263 e. The maximum absolute atomic E-state index is 12.1. The van der Waals surface area contributed by atoms with Crippen LogP contribution in [0.3, 0.4) is 0 Å². The summed E-state index contributed by atoms with van der Waals surface area (Å²) in [6.07, 6.45) is 1.08. The van der Waals surface area contributed by atoms with Crippen molar-refractivity contribution < 1.29 is 4.79 Å². The summed E-state index contributed by atoms with van der Waals surface area (Å²) in [6, 6.07) is 3.71. The van der Waals surface area contributed by atoms with Crippen molar-refractivity contribution in [2.75, 3.05) is 20.1 Å². The number of carbonyl (C=O) groups excluding carboxylic acids is 1. The summed E-state index contributed by atoms with van der Waals surface area (Å²) in [5, 5.41) is 0.